The Morgan fingerprint density at radius 1 is 0.879 bits per heavy atom. The zero-order chi connectivity index (χ0) is 23.9. The third-order valence-electron chi connectivity index (χ3n) is 5.61. The number of nitrogens with zero attached hydrogens (tertiary/aromatic N) is 1. The summed E-state index contributed by atoms with van der Waals surface area (Å²) in [5.74, 6) is -1.40. The molecule has 0 aliphatic carbocycles. The Kier molecular flexibility index (Phi) is 5.63. The summed E-state index contributed by atoms with van der Waals surface area (Å²) in [5.41, 5.74) is 3.27. The van der Waals surface area contributed by atoms with Crippen molar-refractivity contribution < 1.29 is 22.8 Å². The molecule has 0 radical (unpaired) electrons. The van der Waals surface area contributed by atoms with Crippen molar-refractivity contribution in [3.05, 3.63) is 88.5 Å². The molecule has 0 spiro atoms. The minimum atomic E-state index is -3.33. The monoisotopic (exact) mass is 462 g/mol. The summed E-state index contributed by atoms with van der Waals surface area (Å²) in [5, 5.41) is 2.69. The van der Waals surface area contributed by atoms with Crippen LogP contribution in [0.25, 0.3) is 0 Å². The van der Waals surface area contributed by atoms with E-state index >= 15 is 0 Å². The molecule has 0 saturated heterocycles. The number of nitrogens with one attached hydrogen (secondary N) is 1. The topological polar surface area (TPSA) is 101 Å². The molecule has 8 heteroatoms. The third kappa shape index (κ3) is 4.05. The first-order valence-electron chi connectivity index (χ1n) is 10.4. The summed E-state index contributed by atoms with van der Waals surface area (Å²) in [4.78, 5) is 40.1. The maximum absolute atomic E-state index is 13.1. The van der Waals surface area contributed by atoms with Crippen LogP contribution in [0.2, 0.25) is 0 Å². The van der Waals surface area contributed by atoms with Gasteiger partial charge in [-0.25, -0.2) is 13.3 Å². The van der Waals surface area contributed by atoms with Crippen LogP contribution < -0.4 is 10.2 Å². The van der Waals surface area contributed by atoms with Crippen molar-refractivity contribution in [2.45, 2.75) is 25.7 Å². The number of carbonyl (C=O) groups is 3. The molecule has 0 saturated carbocycles. The van der Waals surface area contributed by atoms with E-state index in [-0.39, 0.29) is 27.3 Å². The van der Waals surface area contributed by atoms with Crippen molar-refractivity contribution in [1.82, 2.24) is 0 Å². The highest BCUT2D eigenvalue weighted by atomic mass is 32.2. The number of rotatable bonds is 5. The molecule has 4 rings (SSSR count). The molecule has 0 atom stereocenters. The van der Waals surface area contributed by atoms with Gasteiger partial charge in [0.05, 0.1) is 27.5 Å². The molecule has 0 fully saturated rings. The van der Waals surface area contributed by atoms with Crippen molar-refractivity contribution >= 4 is 38.9 Å². The first kappa shape index (κ1) is 22.4. The van der Waals surface area contributed by atoms with Crippen LogP contribution in [-0.2, 0) is 9.84 Å². The molecular weight excluding hydrogens is 440 g/mol. The fourth-order valence-corrected chi connectivity index (χ4v) is 4.56. The van der Waals surface area contributed by atoms with Crippen LogP contribution in [0.3, 0.4) is 0 Å². The lowest BCUT2D eigenvalue weighted by molar-refractivity contribution is 0.0925. The number of hydrogen-bond donors (Lipinski definition) is 1. The average molecular weight is 463 g/mol. The van der Waals surface area contributed by atoms with E-state index < -0.39 is 27.6 Å². The number of fused-ring (bicyclic) bond motifs is 1. The lowest BCUT2D eigenvalue weighted by Gasteiger charge is -2.17. The normalized spacial score (nSPS) is 13.2. The Hall–Kier alpha value is -3.78. The summed E-state index contributed by atoms with van der Waals surface area (Å²) >= 11 is 0. The van der Waals surface area contributed by atoms with E-state index in [9.17, 15) is 22.8 Å². The van der Waals surface area contributed by atoms with E-state index in [4.69, 9.17) is 0 Å². The molecule has 0 bridgehead atoms. The molecule has 0 unspecified atom stereocenters. The largest absolute Gasteiger partial charge is 0.322 e. The molecule has 1 N–H and O–H groups in total. The van der Waals surface area contributed by atoms with Crippen LogP contribution in [0.15, 0.2) is 65.6 Å². The molecule has 1 aliphatic heterocycles. The van der Waals surface area contributed by atoms with Crippen LogP contribution in [0.4, 0.5) is 11.4 Å². The standard InChI is InChI=1S/C25H22N2O5S/c1-4-33(31,32)19-10-8-18(9-11-19)26-23(28)17-7-12-20-21(14-17)25(30)27(24(20)29)22-13-15(2)5-6-16(22)3/h5-14H,4H2,1-3H3,(H,26,28). The first-order valence-corrected chi connectivity index (χ1v) is 12.0. The minimum Gasteiger partial charge on any atom is -0.322 e. The Balaban J connectivity index is 1.59. The maximum atomic E-state index is 13.1. The van der Waals surface area contributed by atoms with Gasteiger partial charge in [0.1, 0.15) is 0 Å². The zero-order valence-electron chi connectivity index (χ0n) is 18.4. The molecular formula is C25H22N2O5S. The van der Waals surface area contributed by atoms with Gasteiger partial charge in [0.2, 0.25) is 0 Å². The predicted molar refractivity (Wildman–Crippen MR) is 126 cm³/mol. The Labute approximate surface area is 192 Å². The Morgan fingerprint density at radius 3 is 2.21 bits per heavy atom. The number of hydrogen-bond acceptors (Lipinski definition) is 5. The van der Waals surface area contributed by atoms with E-state index in [0.29, 0.717) is 11.4 Å². The summed E-state index contributed by atoms with van der Waals surface area (Å²) in [6, 6.07) is 15.8. The van der Waals surface area contributed by atoms with Gasteiger partial charge in [0, 0.05) is 11.3 Å². The van der Waals surface area contributed by atoms with Gasteiger partial charge < -0.3 is 5.32 Å². The molecule has 0 aromatic heterocycles. The molecule has 168 valence electrons. The molecule has 3 aromatic rings. The van der Waals surface area contributed by atoms with E-state index in [1.165, 1.54) is 42.5 Å². The van der Waals surface area contributed by atoms with Gasteiger partial charge in [-0.3, -0.25) is 14.4 Å². The van der Waals surface area contributed by atoms with Crippen LogP contribution in [0.5, 0.6) is 0 Å². The van der Waals surface area contributed by atoms with Crippen molar-refractivity contribution in [3.63, 3.8) is 0 Å². The predicted octanol–water partition coefficient (Wildman–Crippen LogP) is 4.15. The second-order valence-electron chi connectivity index (χ2n) is 7.88. The lowest BCUT2D eigenvalue weighted by Crippen LogP contribution is -2.30. The first-order chi connectivity index (χ1) is 15.6. The molecule has 1 aliphatic rings. The van der Waals surface area contributed by atoms with E-state index in [2.05, 4.69) is 5.32 Å². The highest BCUT2D eigenvalue weighted by Gasteiger charge is 2.37. The minimum absolute atomic E-state index is 0.0142. The highest BCUT2D eigenvalue weighted by Crippen LogP contribution is 2.32. The number of benzene rings is 3. The molecule has 3 aromatic carbocycles. The van der Waals surface area contributed by atoms with Gasteiger partial charge in [0.25, 0.3) is 17.7 Å². The van der Waals surface area contributed by atoms with Crippen molar-refractivity contribution in [2.24, 2.45) is 0 Å². The van der Waals surface area contributed by atoms with E-state index in [1.807, 2.05) is 26.0 Å². The van der Waals surface area contributed by atoms with Gasteiger partial charge in [-0.05, 0) is 73.5 Å². The van der Waals surface area contributed by atoms with Gasteiger partial charge in [-0.1, -0.05) is 19.1 Å². The van der Waals surface area contributed by atoms with Crippen LogP contribution in [-0.4, -0.2) is 31.9 Å². The van der Waals surface area contributed by atoms with Crippen LogP contribution >= 0.6 is 0 Å². The zero-order valence-corrected chi connectivity index (χ0v) is 19.2. The second kappa shape index (κ2) is 8.29. The van der Waals surface area contributed by atoms with Gasteiger partial charge >= 0.3 is 0 Å². The van der Waals surface area contributed by atoms with Crippen LogP contribution in [0.1, 0.15) is 49.1 Å². The van der Waals surface area contributed by atoms with Crippen molar-refractivity contribution in [1.29, 1.82) is 0 Å². The summed E-state index contributed by atoms with van der Waals surface area (Å²) < 4.78 is 23.9. The van der Waals surface area contributed by atoms with Crippen molar-refractivity contribution in [2.75, 3.05) is 16.0 Å². The number of anilines is 2. The third-order valence-corrected chi connectivity index (χ3v) is 7.36. The van der Waals surface area contributed by atoms with Crippen LogP contribution in [0, 0.1) is 13.8 Å². The van der Waals surface area contributed by atoms with Gasteiger partial charge in [0.15, 0.2) is 9.84 Å². The average Bonchev–Trinajstić information content (AvgIpc) is 3.05. The number of sulfone groups is 1. The molecule has 1 heterocycles. The maximum Gasteiger partial charge on any atom is 0.266 e. The number of carbonyl (C=O) groups excluding carboxylic acids is 3. The Morgan fingerprint density at radius 2 is 1.55 bits per heavy atom. The second-order valence-corrected chi connectivity index (χ2v) is 10.2. The van der Waals surface area contributed by atoms with Gasteiger partial charge in [-0.2, -0.15) is 0 Å². The van der Waals surface area contributed by atoms with E-state index in [1.54, 1.807) is 13.0 Å². The molecule has 7 nitrogen and oxygen atoms in total. The number of aryl methyl sites for hydroxylation is 2. The van der Waals surface area contributed by atoms with E-state index in [0.717, 1.165) is 16.0 Å². The molecule has 3 amide bonds. The van der Waals surface area contributed by atoms with Crippen molar-refractivity contribution in [3.8, 4) is 0 Å². The fourth-order valence-electron chi connectivity index (χ4n) is 3.68. The van der Waals surface area contributed by atoms with Gasteiger partial charge in [-0.15, -0.1) is 0 Å². The lowest BCUT2D eigenvalue weighted by atomic mass is 10.1. The highest BCUT2D eigenvalue weighted by molar-refractivity contribution is 7.91. The smallest absolute Gasteiger partial charge is 0.266 e. The summed E-state index contributed by atoms with van der Waals surface area (Å²) in [7, 11) is -3.33. The molecule has 33 heavy (non-hydrogen) atoms. The Bertz CT molecular complexity index is 1410. The summed E-state index contributed by atoms with van der Waals surface area (Å²) in [6.07, 6.45) is 0. The quantitative estimate of drug-likeness (QED) is 0.574. The number of imide groups is 1. The SMILES string of the molecule is CCS(=O)(=O)c1ccc(NC(=O)c2ccc3c(c2)C(=O)N(c2cc(C)ccc2C)C3=O)cc1. The number of amides is 3. The summed E-state index contributed by atoms with van der Waals surface area (Å²) in [6.45, 7) is 5.27. The fraction of sp³-hybridized carbons (Fsp3) is 0.160.